The molecule has 1 heterocycles. The van der Waals surface area contributed by atoms with Crippen LogP contribution in [-0.4, -0.2) is 4.98 Å². The number of aryl methyl sites for hydroxylation is 1. The van der Waals surface area contributed by atoms with Gasteiger partial charge in [0.2, 0.25) is 0 Å². The van der Waals surface area contributed by atoms with Crippen molar-refractivity contribution in [1.29, 1.82) is 5.26 Å². The molecule has 1 aromatic heterocycles. The Balaban J connectivity index is 2.06. The Kier molecular flexibility index (Phi) is 2.96. The third kappa shape index (κ3) is 2.08. The fraction of sp³-hybridized carbons (Fsp3) is 0.286. The van der Waals surface area contributed by atoms with E-state index in [9.17, 15) is 4.39 Å². The van der Waals surface area contributed by atoms with Crippen LogP contribution in [0.1, 0.15) is 40.5 Å². The van der Waals surface area contributed by atoms with Gasteiger partial charge in [0, 0.05) is 10.8 Å². The van der Waals surface area contributed by atoms with Gasteiger partial charge < -0.3 is 5.73 Å². The van der Waals surface area contributed by atoms with E-state index in [-0.39, 0.29) is 11.5 Å². The minimum absolute atomic E-state index is 0.0992. The van der Waals surface area contributed by atoms with Crippen molar-refractivity contribution >= 4 is 16.5 Å². The quantitative estimate of drug-likeness (QED) is 0.867. The van der Waals surface area contributed by atoms with Crippen LogP contribution in [0, 0.1) is 17.1 Å². The molecule has 1 aromatic carbocycles. The van der Waals surface area contributed by atoms with Crippen LogP contribution < -0.4 is 5.73 Å². The normalized spacial score (nSPS) is 17.8. The number of thiazole rings is 1. The van der Waals surface area contributed by atoms with Gasteiger partial charge in [-0.05, 0) is 37.0 Å². The van der Waals surface area contributed by atoms with Gasteiger partial charge in [-0.25, -0.2) is 9.37 Å². The van der Waals surface area contributed by atoms with Crippen LogP contribution in [0.5, 0.6) is 0 Å². The van der Waals surface area contributed by atoms with E-state index in [1.165, 1.54) is 22.3 Å². The van der Waals surface area contributed by atoms with Gasteiger partial charge in [-0.15, -0.1) is 11.3 Å². The molecule has 3 nitrogen and oxygen atoms in total. The first-order valence-corrected chi connectivity index (χ1v) is 6.95. The number of fused-ring (bicyclic) bond motifs is 1. The van der Waals surface area contributed by atoms with Crippen LogP contribution in [0.2, 0.25) is 0 Å². The highest BCUT2D eigenvalue weighted by Gasteiger charge is 2.26. The lowest BCUT2D eigenvalue weighted by Gasteiger charge is -2.21. The standard InChI is InChI=1S/C14H12FN3S/c15-11-5-4-8(6-9(11)7-16)10-2-1-3-12-13(10)19-14(17)18-12/h4-6,10H,1-3H2,(H2,17,18). The summed E-state index contributed by atoms with van der Waals surface area (Å²) in [6.07, 6.45) is 2.98. The van der Waals surface area contributed by atoms with E-state index in [1.54, 1.807) is 12.1 Å². The van der Waals surface area contributed by atoms with Crippen molar-refractivity contribution in [3.05, 3.63) is 45.7 Å². The molecule has 3 rings (SSSR count). The lowest BCUT2D eigenvalue weighted by molar-refractivity contribution is 0.606. The molecule has 0 saturated carbocycles. The van der Waals surface area contributed by atoms with Crippen LogP contribution in [0.25, 0.3) is 0 Å². The largest absolute Gasteiger partial charge is 0.375 e. The molecule has 0 radical (unpaired) electrons. The van der Waals surface area contributed by atoms with E-state index < -0.39 is 5.82 Å². The molecule has 0 amide bonds. The molecule has 1 atom stereocenters. The van der Waals surface area contributed by atoms with Crippen molar-refractivity contribution in [1.82, 2.24) is 4.98 Å². The maximum absolute atomic E-state index is 13.4. The number of nitrogen functional groups attached to an aromatic ring is 1. The number of rotatable bonds is 1. The van der Waals surface area contributed by atoms with Crippen molar-refractivity contribution < 1.29 is 4.39 Å². The van der Waals surface area contributed by atoms with Gasteiger partial charge in [-0.2, -0.15) is 5.26 Å². The molecule has 1 aliphatic rings. The van der Waals surface area contributed by atoms with Crippen molar-refractivity contribution in [2.75, 3.05) is 5.73 Å². The third-order valence-corrected chi connectivity index (χ3v) is 4.52. The molecule has 19 heavy (non-hydrogen) atoms. The summed E-state index contributed by atoms with van der Waals surface area (Å²) in [5, 5.41) is 9.50. The molecule has 0 bridgehead atoms. The highest BCUT2D eigenvalue weighted by atomic mass is 32.1. The van der Waals surface area contributed by atoms with E-state index in [4.69, 9.17) is 11.0 Å². The van der Waals surface area contributed by atoms with Gasteiger partial charge in [0.15, 0.2) is 5.13 Å². The van der Waals surface area contributed by atoms with Crippen LogP contribution in [-0.2, 0) is 6.42 Å². The van der Waals surface area contributed by atoms with Gasteiger partial charge in [0.25, 0.3) is 0 Å². The number of benzene rings is 1. The molecule has 0 spiro atoms. The SMILES string of the molecule is N#Cc1cc(C2CCCc3nc(N)sc32)ccc1F. The zero-order valence-corrected chi connectivity index (χ0v) is 11.0. The van der Waals surface area contributed by atoms with Gasteiger partial charge in [0.05, 0.1) is 11.3 Å². The molecular weight excluding hydrogens is 261 g/mol. The summed E-state index contributed by atoms with van der Waals surface area (Å²) in [5.41, 5.74) is 7.90. The van der Waals surface area contributed by atoms with Gasteiger partial charge >= 0.3 is 0 Å². The summed E-state index contributed by atoms with van der Waals surface area (Å²) in [4.78, 5) is 5.51. The first-order chi connectivity index (χ1) is 9.19. The van der Waals surface area contributed by atoms with Gasteiger partial charge in [-0.1, -0.05) is 6.07 Å². The van der Waals surface area contributed by atoms with Crippen LogP contribution >= 0.6 is 11.3 Å². The number of hydrogen-bond donors (Lipinski definition) is 1. The molecule has 1 unspecified atom stereocenters. The highest BCUT2D eigenvalue weighted by Crippen LogP contribution is 2.40. The molecule has 0 saturated heterocycles. The number of aromatic nitrogens is 1. The molecule has 96 valence electrons. The van der Waals surface area contributed by atoms with Crippen molar-refractivity contribution in [3.63, 3.8) is 0 Å². The summed E-state index contributed by atoms with van der Waals surface area (Å²) >= 11 is 1.50. The van der Waals surface area contributed by atoms with Crippen molar-refractivity contribution in [2.24, 2.45) is 0 Å². The van der Waals surface area contributed by atoms with E-state index >= 15 is 0 Å². The van der Waals surface area contributed by atoms with E-state index in [2.05, 4.69) is 4.98 Å². The molecule has 0 fully saturated rings. The first kappa shape index (κ1) is 12.1. The Morgan fingerprint density at radius 1 is 1.47 bits per heavy atom. The fourth-order valence-electron chi connectivity index (χ4n) is 2.60. The molecule has 2 aromatic rings. The van der Waals surface area contributed by atoms with E-state index in [0.29, 0.717) is 5.13 Å². The molecule has 0 aliphatic heterocycles. The monoisotopic (exact) mass is 273 g/mol. The predicted octanol–water partition coefficient (Wildman–Crippen LogP) is 3.20. The lowest BCUT2D eigenvalue weighted by atomic mass is 9.85. The lowest BCUT2D eigenvalue weighted by Crippen LogP contribution is -2.09. The smallest absolute Gasteiger partial charge is 0.180 e. The Hall–Kier alpha value is -1.93. The van der Waals surface area contributed by atoms with Gasteiger partial charge in [-0.3, -0.25) is 0 Å². The zero-order valence-electron chi connectivity index (χ0n) is 10.2. The maximum Gasteiger partial charge on any atom is 0.180 e. The van der Waals surface area contributed by atoms with Crippen LogP contribution in [0.3, 0.4) is 0 Å². The van der Waals surface area contributed by atoms with Crippen molar-refractivity contribution in [3.8, 4) is 6.07 Å². The molecule has 2 N–H and O–H groups in total. The number of nitriles is 1. The highest BCUT2D eigenvalue weighted by molar-refractivity contribution is 7.15. The van der Waals surface area contributed by atoms with Crippen LogP contribution in [0.15, 0.2) is 18.2 Å². The minimum atomic E-state index is -0.467. The predicted molar refractivity (Wildman–Crippen MR) is 72.4 cm³/mol. The summed E-state index contributed by atoms with van der Waals surface area (Å²) in [7, 11) is 0. The Morgan fingerprint density at radius 2 is 2.32 bits per heavy atom. The summed E-state index contributed by atoms with van der Waals surface area (Å²) < 4.78 is 13.4. The van der Waals surface area contributed by atoms with E-state index in [0.717, 1.165) is 30.5 Å². The molecule has 5 heteroatoms. The number of halogens is 1. The average Bonchev–Trinajstić information content (AvgIpc) is 2.79. The number of hydrogen-bond acceptors (Lipinski definition) is 4. The minimum Gasteiger partial charge on any atom is -0.375 e. The average molecular weight is 273 g/mol. The second-order valence-corrected chi connectivity index (χ2v) is 5.72. The maximum atomic E-state index is 13.4. The number of anilines is 1. The van der Waals surface area contributed by atoms with Crippen molar-refractivity contribution in [2.45, 2.75) is 25.2 Å². The summed E-state index contributed by atoms with van der Waals surface area (Å²) in [6.45, 7) is 0. The summed E-state index contributed by atoms with van der Waals surface area (Å²) in [6, 6.07) is 6.66. The second kappa shape index (κ2) is 4.63. The number of nitrogens with zero attached hydrogens (tertiary/aromatic N) is 2. The van der Waals surface area contributed by atoms with Gasteiger partial charge in [0.1, 0.15) is 11.9 Å². The van der Waals surface area contributed by atoms with E-state index in [1.807, 2.05) is 6.07 Å². The molecular formula is C14H12FN3S. The third-order valence-electron chi connectivity index (χ3n) is 3.48. The number of nitrogens with two attached hydrogens (primary N) is 1. The Morgan fingerprint density at radius 3 is 3.11 bits per heavy atom. The fourth-order valence-corrected chi connectivity index (χ4v) is 3.64. The Labute approximate surface area is 114 Å². The Bertz CT molecular complexity index is 672. The summed E-state index contributed by atoms with van der Waals surface area (Å²) in [5.74, 6) is -0.280. The van der Waals surface area contributed by atoms with Crippen LogP contribution in [0.4, 0.5) is 9.52 Å². The topological polar surface area (TPSA) is 62.7 Å². The molecule has 1 aliphatic carbocycles. The second-order valence-electron chi connectivity index (χ2n) is 4.66. The zero-order chi connectivity index (χ0) is 13.4. The first-order valence-electron chi connectivity index (χ1n) is 6.13.